The van der Waals surface area contributed by atoms with Crippen LogP contribution in [0.15, 0.2) is 18.2 Å². The van der Waals surface area contributed by atoms with Crippen molar-refractivity contribution in [1.29, 1.82) is 0 Å². The van der Waals surface area contributed by atoms with Gasteiger partial charge in [-0.2, -0.15) is 0 Å². The molecule has 1 saturated carbocycles. The molecule has 1 atom stereocenters. The lowest BCUT2D eigenvalue weighted by molar-refractivity contribution is -0.130. The number of hydrogen-bond acceptors (Lipinski definition) is 3. The topological polar surface area (TPSA) is 64.3 Å². The Morgan fingerprint density at radius 1 is 1.33 bits per heavy atom. The van der Waals surface area contributed by atoms with Crippen LogP contribution in [0.1, 0.15) is 45.4 Å². The van der Waals surface area contributed by atoms with Gasteiger partial charge in [-0.1, -0.05) is 37.3 Å². The number of anilines is 2. The Hall–Kier alpha value is -1.26. The highest BCUT2D eigenvalue weighted by atomic mass is 35.5. The molecule has 3 N–H and O–H groups in total. The van der Waals surface area contributed by atoms with E-state index in [-0.39, 0.29) is 12.0 Å². The molecule has 5 heteroatoms. The molecule has 1 aromatic carbocycles. The van der Waals surface area contributed by atoms with Gasteiger partial charge in [-0.25, -0.2) is 0 Å². The van der Waals surface area contributed by atoms with Crippen LogP contribution in [-0.2, 0) is 9.53 Å². The maximum absolute atomic E-state index is 12.2. The summed E-state index contributed by atoms with van der Waals surface area (Å²) in [5, 5.41) is 3.29. The third kappa shape index (κ3) is 4.90. The van der Waals surface area contributed by atoms with E-state index in [1.807, 2.05) is 0 Å². The summed E-state index contributed by atoms with van der Waals surface area (Å²) in [6, 6.07) is 5.05. The second kappa shape index (κ2) is 7.66. The fourth-order valence-corrected chi connectivity index (χ4v) is 2.71. The first-order valence-electron chi connectivity index (χ1n) is 7.57. The van der Waals surface area contributed by atoms with E-state index >= 15 is 0 Å². The number of benzene rings is 1. The van der Waals surface area contributed by atoms with Crippen LogP contribution in [-0.4, -0.2) is 18.1 Å². The SMILES string of the molecule is CC(OC1CCCCCC1)C(=O)Nc1ccc(Cl)c(N)c1. The lowest BCUT2D eigenvalue weighted by atomic mass is 10.1. The lowest BCUT2D eigenvalue weighted by Gasteiger charge is -2.20. The number of nitrogens with two attached hydrogens (primary N) is 1. The molecular weight excluding hydrogens is 288 g/mol. The maximum atomic E-state index is 12.2. The molecule has 1 aliphatic carbocycles. The zero-order valence-corrected chi connectivity index (χ0v) is 13.2. The summed E-state index contributed by atoms with van der Waals surface area (Å²) in [6.45, 7) is 1.79. The van der Waals surface area contributed by atoms with E-state index in [9.17, 15) is 4.79 Å². The molecule has 4 nitrogen and oxygen atoms in total. The average Bonchev–Trinajstić information content (AvgIpc) is 2.71. The van der Waals surface area contributed by atoms with Gasteiger partial charge in [-0.05, 0) is 38.0 Å². The predicted octanol–water partition coefficient (Wildman–Crippen LogP) is 3.99. The van der Waals surface area contributed by atoms with Crippen molar-refractivity contribution in [3.8, 4) is 0 Å². The summed E-state index contributed by atoms with van der Waals surface area (Å²) in [5.41, 5.74) is 6.81. The van der Waals surface area contributed by atoms with E-state index in [1.54, 1.807) is 25.1 Å². The Balaban J connectivity index is 1.87. The smallest absolute Gasteiger partial charge is 0.253 e. The molecule has 1 unspecified atom stereocenters. The van der Waals surface area contributed by atoms with Crippen molar-refractivity contribution in [2.24, 2.45) is 0 Å². The van der Waals surface area contributed by atoms with Gasteiger partial charge in [0.25, 0.3) is 5.91 Å². The van der Waals surface area contributed by atoms with Crippen molar-refractivity contribution in [2.75, 3.05) is 11.1 Å². The molecule has 1 amide bonds. The molecule has 21 heavy (non-hydrogen) atoms. The van der Waals surface area contributed by atoms with Gasteiger partial charge in [-0.3, -0.25) is 4.79 Å². The van der Waals surface area contributed by atoms with Crippen LogP contribution in [0.4, 0.5) is 11.4 Å². The van der Waals surface area contributed by atoms with Crippen molar-refractivity contribution >= 4 is 28.9 Å². The molecule has 1 fully saturated rings. The Morgan fingerprint density at radius 2 is 2.00 bits per heavy atom. The monoisotopic (exact) mass is 310 g/mol. The molecule has 0 aliphatic heterocycles. The highest BCUT2D eigenvalue weighted by Crippen LogP contribution is 2.23. The summed E-state index contributed by atoms with van der Waals surface area (Å²) in [7, 11) is 0. The Morgan fingerprint density at radius 3 is 2.62 bits per heavy atom. The summed E-state index contributed by atoms with van der Waals surface area (Å²) in [6.07, 6.45) is 6.74. The number of rotatable bonds is 4. The van der Waals surface area contributed by atoms with E-state index in [1.165, 1.54) is 25.7 Å². The standard InChI is InChI=1S/C16H23ClN2O2/c1-11(21-13-6-4-2-3-5-7-13)16(20)19-12-8-9-14(17)15(18)10-12/h8-11,13H,2-7,18H2,1H3,(H,19,20). The zero-order chi connectivity index (χ0) is 15.2. The van der Waals surface area contributed by atoms with Gasteiger partial charge in [0.15, 0.2) is 0 Å². The van der Waals surface area contributed by atoms with Gasteiger partial charge < -0.3 is 15.8 Å². The maximum Gasteiger partial charge on any atom is 0.253 e. The van der Waals surface area contributed by atoms with Gasteiger partial charge in [0.2, 0.25) is 0 Å². The molecule has 2 rings (SSSR count). The van der Waals surface area contributed by atoms with E-state index in [2.05, 4.69) is 5.32 Å². The molecule has 116 valence electrons. The highest BCUT2D eigenvalue weighted by Gasteiger charge is 2.20. The molecule has 1 aromatic rings. The fourth-order valence-electron chi connectivity index (χ4n) is 2.59. The van der Waals surface area contributed by atoms with Gasteiger partial charge >= 0.3 is 0 Å². The third-order valence-corrected chi connectivity index (χ3v) is 4.18. The number of halogens is 1. The summed E-state index contributed by atoms with van der Waals surface area (Å²) < 4.78 is 5.89. The first-order valence-corrected chi connectivity index (χ1v) is 7.95. The van der Waals surface area contributed by atoms with Crippen molar-refractivity contribution in [1.82, 2.24) is 0 Å². The minimum absolute atomic E-state index is 0.152. The lowest BCUT2D eigenvalue weighted by Crippen LogP contribution is -2.31. The Kier molecular flexibility index (Phi) is 5.88. The van der Waals surface area contributed by atoms with Crippen molar-refractivity contribution in [2.45, 2.75) is 57.7 Å². The van der Waals surface area contributed by atoms with E-state index < -0.39 is 6.10 Å². The largest absolute Gasteiger partial charge is 0.397 e. The van der Waals surface area contributed by atoms with E-state index in [0.717, 1.165) is 12.8 Å². The number of ether oxygens (including phenoxy) is 1. The molecular formula is C16H23ClN2O2. The molecule has 0 saturated heterocycles. The van der Waals surface area contributed by atoms with Crippen molar-refractivity contribution < 1.29 is 9.53 Å². The summed E-state index contributed by atoms with van der Waals surface area (Å²) >= 11 is 5.86. The Bertz CT molecular complexity index is 485. The summed E-state index contributed by atoms with van der Waals surface area (Å²) in [4.78, 5) is 12.2. The molecule has 0 spiro atoms. The minimum atomic E-state index is -0.468. The Labute approximate surface area is 131 Å². The van der Waals surface area contributed by atoms with Gasteiger partial charge in [0, 0.05) is 5.69 Å². The first kappa shape index (κ1) is 16.1. The highest BCUT2D eigenvalue weighted by molar-refractivity contribution is 6.33. The number of carbonyl (C=O) groups excluding carboxylic acids is 1. The van der Waals surface area contributed by atoms with Gasteiger partial charge in [0.1, 0.15) is 6.10 Å². The summed E-state index contributed by atoms with van der Waals surface area (Å²) in [5.74, 6) is -0.152. The van der Waals surface area contributed by atoms with Crippen molar-refractivity contribution in [3.05, 3.63) is 23.2 Å². The van der Waals surface area contributed by atoms with Gasteiger partial charge in [0.05, 0.1) is 16.8 Å². The second-order valence-corrected chi connectivity index (χ2v) is 6.02. The number of amides is 1. The van der Waals surface area contributed by atoms with E-state index in [4.69, 9.17) is 22.1 Å². The van der Waals surface area contributed by atoms with E-state index in [0.29, 0.717) is 16.4 Å². The first-order chi connectivity index (χ1) is 10.1. The number of carbonyl (C=O) groups is 1. The quantitative estimate of drug-likeness (QED) is 0.653. The predicted molar refractivity (Wildman–Crippen MR) is 86.5 cm³/mol. The minimum Gasteiger partial charge on any atom is -0.397 e. The van der Waals surface area contributed by atoms with Crippen LogP contribution in [0.25, 0.3) is 0 Å². The number of hydrogen-bond donors (Lipinski definition) is 2. The van der Waals surface area contributed by atoms with Crippen LogP contribution in [0.2, 0.25) is 5.02 Å². The molecule has 0 bridgehead atoms. The molecule has 0 radical (unpaired) electrons. The number of nitrogens with one attached hydrogen (secondary N) is 1. The van der Waals surface area contributed by atoms with Crippen LogP contribution in [0.5, 0.6) is 0 Å². The van der Waals surface area contributed by atoms with Crippen molar-refractivity contribution in [3.63, 3.8) is 0 Å². The molecule has 0 aromatic heterocycles. The van der Waals surface area contributed by atoms with Crippen LogP contribution < -0.4 is 11.1 Å². The van der Waals surface area contributed by atoms with Crippen LogP contribution in [0.3, 0.4) is 0 Å². The molecule has 1 aliphatic rings. The fraction of sp³-hybridized carbons (Fsp3) is 0.562. The molecule has 0 heterocycles. The van der Waals surface area contributed by atoms with Gasteiger partial charge in [-0.15, -0.1) is 0 Å². The normalized spacial score (nSPS) is 18.0. The second-order valence-electron chi connectivity index (χ2n) is 5.62. The zero-order valence-electron chi connectivity index (χ0n) is 12.4. The average molecular weight is 311 g/mol. The third-order valence-electron chi connectivity index (χ3n) is 3.83. The van der Waals surface area contributed by atoms with Crippen LogP contribution in [0, 0.1) is 0 Å². The number of nitrogen functional groups attached to an aromatic ring is 1. The van der Waals surface area contributed by atoms with Crippen LogP contribution >= 0.6 is 11.6 Å².